The molecule has 0 bridgehead atoms. The van der Waals surface area contributed by atoms with Crippen LogP contribution in [0, 0.1) is 5.82 Å². The van der Waals surface area contributed by atoms with Gasteiger partial charge in [-0.1, -0.05) is 24.3 Å². The molecular weight excluding hydrogens is 331 g/mol. The van der Waals surface area contributed by atoms with Gasteiger partial charge in [-0.2, -0.15) is 0 Å². The minimum atomic E-state index is -0.246. The number of halogens is 1. The van der Waals surface area contributed by atoms with E-state index in [-0.39, 0.29) is 11.9 Å². The fraction of sp³-hybridized carbons (Fsp3) is 0.350. The lowest BCUT2D eigenvalue weighted by Crippen LogP contribution is -2.34. The van der Waals surface area contributed by atoms with E-state index in [1.165, 1.54) is 17.7 Å². The van der Waals surface area contributed by atoms with E-state index in [1.54, 1.807) is 13.2 Å². The lowest BCUT2D eigenvalue weighted by Gasteiger charge is -2.23. The van der Waals surface area contributed by atoms with Crippen molar-refractivity contribution in [1.29, 1.82) is 0 Å². The van der Waals surface area contributed by atoms with Crippen molar-refractivity contribution in [2.24, 2.45) is 10.7 Å². The van der Waals surface area contributed by atoms with Crippen molar-refractivity contribution in [3.05, 3.63) is 65.5 Å². The van der Waals surface area contributed by atoms with E-state index >= 15 is 0 Å². The summed E-state index contributed by atoms with van der Waals surface area (Å²) in [4.78, 5) is 6.41. The van der Waals surface area contributed by atoms with Gasteiger partial charge in [0, 0.05) is 6.54 Å². The molecule has 0 aliphatic rings. The Morgan fingerprint density at radius 3 is 2.58 bits per heavy atom. The number of nitrogens with one attached hydrogen (secondary N) is 1. The van der Waals surface area contributed by atoms with Crippen LogP contribution in [0.2, 0.25) is 0 Å². The van der Waals surface area contributed by atoms with Gasteiger partial charge in [-0.3, -0.25) is 4.99 Å². The maximum atomic E-state index is 13.5. The number of hydrogen-bond donors (Lipinski definition) is 2. The zero-order valence-electron chi connectivity index (χ0n) is 15.6. The zero-order valence-corrected chi connectivity index (χ0v) is 15.6. The molecule has 0 heterocycles. The zero-order chi connectivity index (χ0) is 18.9. The van der Waals surface area contributed by atoms with Gasteiger partial charge in [0.1, 0.15) is 11.6 Å². The molecule has 2 aromatic carbocycles. The Kier molecular flexibility index (Phi) is 7.41. The predicted molar refractivity (Wildman–Crippen MR) is 104 cm³/mol. The van der Waals surface area contributed by atoms with Gasteiger partial charge in [0.25, 0.3) is 0 Å². The minimum Gasteiger partial charge on any atom is -0.497 e. The van der Waals surface area contributed by atoms with E-state index in [9.17, 15) is 4.39 Å². The van der Waals surface area contributed by atoms with Crippen LogP contribution in [-0.4, -0.2) is 45.2 Å². The van der Waals surface area contributed by atoms with Gasteiger partial charge in [0.05, 0.1) is 19.7 Å². The summed E-state index contributed by atoms with van der Waals surface area (Å²) in [6.07, 6.45) is 0.835. The molecule has 2 rings (SSSR count). The highest BCUT2D eigenvalue weighted by Crippen LogP contribution is 2.19. The number of hydrogen-bond acceptors (Lipinski definition) is 3. The molecular formula is C20H27FN4O. The number of benzene rings is 2. The standard InChI is InChI=1S/C20H27FN4O/c1-25(2)19(16-5-4-6-17(21)13-16)14-24-20(22)23-12-11-15-7-9-18(26-3)10-8-15/h4-10,13,19H,11-12,14H2,1-3H3,(H3,22,23,24). The monoisotopic (exact) mass is 358 g/mol. The van der Waals surface area contributed by atoms with Crippen molar-refractivity contribution in [3.8, 4) is 5.75 Å². The molecule has 1 unspecified atom stereocenters. The van der Waals surface area contributed by atoms with Crippen LogP contribution < -0.4 is 15.8 Å². The lowest BCUT2D eigenvalue weighted by atomic mass is 10.1. The maximum absolute atomic E-state index is 13.5. The van der Waals surface area contributed by atoms with Crippen LogP contribution in [0.4, 0.5) is 4.39 Å². The first kappa shape index (κ1) is 19.7. The van der Waals surface area contributed by atoms with Crippen molar-refractivity contribution < 1.29 is 9.13 Å². The highest BCUT2D eigenvalue weighted by molar-refractivity contribution is 5.77. The lowest BCUT2D eigenvalue weighted by molar-refractivity contribution is 0.305. The molecule has 5 nitrogen and oxygen atoms in total. The molecule has 0 amide bonds. The third kappa shape index (κ3) is 6.04. The van der Waals surface area contributed by atoms with Crippen LogP contribution in [0.25, 0.3) is 0 Å². The summed E-state index contributed by atoms with van der Waals surface area (Å²) >= 11 is 0. The van der Waals surface area contributed by atoms with E-state index in [2.05, 4.69) is 10.3 Å². The van der Waals surface area contributed by atoms with Crippen LogP contribution in [0.3, 0.4) is 0 Å². The van der Waals surface area contributed by atoms with E-state index < -0.39 is 0 Å². The molecule has 0 saturated heterocycles. The Bertz CT molecular complexity index is 716. The van der Waals surface area contributed by atoms with Crippen LogP contribution in [0.15, 0.2) is 53.5 Å². The third-order valence-corrected chi connectivity index (χ3v) is 4.17. The summed E-state index contributed by atoms with van der Waals surface area (Å²) in [5, 5.41) is 3.12. The van der Waals surface area contributed by atoms with Gasteiger partial charge in [0.2, 0.25) is 0 Å². The van der Waals surface area contributed by atoms with Gasteiger partial charge in [-0.05, 0) is 55.9 Å². The number of nitrogens with two attached hydrogens (primary N) is 1. The predicted octanol–water partition coefficient (Wildman–Crippen LogP) is 2.58. The molecule has 0 aliphatic carbocycles. The first-order valence-corrected chi connectivity index (χ1v) is 8.58. The number of rotatable bonds is 8. The van der Waals surface area contributed by atoms with Crippen molar-refractivity contribution in [1.82, 2.24) is 10.2 Å². The fourth-order valence-electron chi connectivity index (χ4n) is 2.65. The highest BCUT2D eigenvalue weighted by atomic mass is 19.1. The summed E-state index contributed by atoms with van der Waals surface area (Å²) in [5.41, 5.74) is 8.04. The first-order chi connectivity index (χ1) is 12.5. The second-order valence-electron chi connectivity index (χ2n) is 6.29. The van der Waals surface area contributed by atoms with Gasteiger partial charge in [0.15, 0.2) is 5.96 Å². The van der Waals surface area contributed by atoms with Crippen molar-refractivity contribution in [2.75, 3.05) is 34.3 Å². The summed E-state index contributed by atoms with van der Waals surface area (Å²) in [7, 11) is 5.54. The molecule has 0 aliphatic heterocycles. The quantitative estimate of drug-likeness (QED) is 0.562. The van der Waals surface area contributed by atoms with E-state index in [0.717, 1.165) is 17.7 Å². The molecule has 3 N–H and O–H groups in total. The molecule has 140 valence electrons. The van der Waals surface area contributed by atoms with Crippen LogP contribution in [-0.2, 0) is 6.42 Å². The Morgan fingerprint density at radius 2 is 1.96 bits per heavy atom. The number of likely N-dealkylation sites (N-methyl/N-ethyl adjacent to an activating group) is 1. The van der Waals surface area contributed by atoms with Crippen molar-refractivity contribution in [3.63, 3.8) is 0 Å². The maximum Gasteiger partial charge on any atom is 0.188 e. The van der Waals surface area contributed by atoms with Crippen molar-refractivity contribution in [2.45, 2.75) is 12.5 Å². The molecule has 0 saturated carbocycles. The second-order valence-corrected chi connectivity index (χ2v) is 6.29. The molecule has 0 spiro atoms. The summed E-state index contributed by atoms with van der Waals surface area (Å²) in [5.74, 6) is 0.987. The molecule has 26 heavy (non-hydrogen) atoms. The molecule has 0 radical (unpaired) electrons. The summed E-state index contributed by atoms with van der Waals surface area (Å²) < 4.78 is 18.6. The fourth-order valence-corrected chi connectivity index (χ4v) is 2.65. The highest BCUT2D eigenvalue weighted by Gasteiger charge is 2.14. The Hall–Kier alpha value is -2.60. The number of nitrogens with zero attached hydrogens (tertiary/aromatic N) is 2. The van der Waals surface area contributed by atoms with Gasteiger partial charge in [-0.25, -0.2) is 4.39 Å². The summed E-state index contributed by atoms with van der Waals surface area (Å²) in [6, 6.07) is 14.5. The van der Waals surface area contributed by atoms with Crippen LogP contribution in [0.1, 0.15) is 17.2 Å². The van der Waals surface area contributed by atoms with Gasteiger partial charge >= 0.3 is 0 Å². The average Bonchev–Trinajstić information content (AvgIpc) is 2.62. The third-order valence-electron chi connectivity index (χ3n) is 4.17. The molecule has 0 fully saturated rings. The second kappa shape index (κ2) is 9.77. The Balaban J connectivity index is 1.87. The van der Waals surface area contributed by atoms with Crippen LogP contribution >= 0.6 is 0 Å². The number of ether oxygens (including phenoxy) is 1. The van der Waals surface area contributed by atoms with E-state index in [1.807, 2.05) is 49.3 Å². The van der Waals surface area contributed by atoms with E-state index in [4.69, 9.17) is 10.5 Å². The SMILES string of the molecule is COc1ccc(CCNC(N)=NCC(c2cccc(F)c2)N(C)C)cc1. The molecule has 1 atom stereocenters. The first-order valence-electron chi connectivity index (χ1n) is 8.58. The molecule has 2 aromatic rings. The van der Waals surface area contributed by atoms with E-state index in [0.29, 0.717) is 19.0 Å². The summed E-state index contributed by atoms with van der Waals surface area (Å²) in [6.45, 7) is 1.14. The number of guanidine groups is 1. The average molecular weight is 358 g/mol. The normalized spacial score (nSPS) is 12.9. The van der Waals surface area contributed by atoms with Crippen LogP contribution in [0.5, 0.6) is 5.75 Å². The topological polar surface area (TPSA) is 62.9 Å². The smallest absolute Gasteiger partial charge is 0.188 e. The molecule has 0 aromatic heterocycles. The Morgan fingerprint density at radius 1 is 1.23 bits per heavy atom. The largest absolute Gasteiger partial charge is 0.497 e. The minimum absolute atomic E-state index is 0.0346. The number of aliphatic imine (C=N–C) groups is 1. The van der Waals surface area contributed by atoms with Gasteiger partial charge in [-0.15, -0.1) is 0 Å². The number of methoxy groups -OCH3 is 1. The van der Waals surface area contributed by atoms with Crippen molar-refractivity contribution >= 4 is 5.96 Å². The molecule has 6 heteroatoms. The Labute approximate surface area is 154 Å². The van der Waals surface area contributed by atoms with Gasteiger partial charge < -0.3 is 20.7 Å².